The quantitative estimate of drug-likeness (QED) is 0.0204. The van der Waals surface area contributed by atoms with E-state index in [1.165, 1.54) is 128 Å². The summed E-state index contributed by atoms with van der Waals surface area (Å²) in [7, 11) is 0. The minimum Gasteiger partial charge on any atom is -0.394 e. The summed E-state index contributed by atoms with van der Waals surface area (Å²) in [6.45, 7) is 1.61. The summed E-state index contributed by atoms with van der Waals surface area (Å²) in [5.41, 5.74) is 0. The van der Waals surface area contributed by atoms with Gasteiger partial charge in [-0.15, -0.1) is 0 Å². The monoisotopic (exact) mass is 1210 g/mol. The van der Waals surface area contributed by atoms with E-state index in [9.17, 15) is 61.0 Å². The van der Waals surface area contributed by atoms with Gasteiger partial charge in [-0.25, -0.2) is 0 Å². The number of carbonyl (C=O) groups excluding carboxylic acids is 1. The van der Waals surface area contributed by atoms with Gasteiger partial charge in [-0.1, -0.05) is 223 Å². The topological polar surface area (TPSA) is 307 Å². The second kappa shape index (κ2) is 48.6. The fourth-order valence-electron chi connectivity index (χ4n) is 11.2. The Kier molecular flexibility index (Phi) is 44.0. The van der Waals surface area contributed by atoms with Gasteiger partial charge < -0.3 is 89.9 Å². The standard InChI is InChI=1S/C66H119NO18/c1-3-5-7-9-11-13-15-17-19-20-21-22-23-24-25-26-27-28-30-31-33-35-37-39-41-43-50(71)49(67-54(72)44-42-40-38-36-34-32-29-18-16-14-12-10-8-6-4-2)48-80-64-60(78)57(75)62(52(46-69)82-64)85-66-61(79)58(76)63(53(47-70)83-66)84-65-59(77)56(74)55(73)51(45-68)81-65/h6,8,12,14,18,29,41,43,49-53,55-66,68-71,73-79H,3-5,7,9-11,13,15-17,19-28,30-40,42,44-48H2,1-2H3,(H,67,72)/b8-6-,14-12-,29-18-,43-41+. The number of ether oxygens (including phenoxy) is 6. The maximum atomic E-state index is 13.3. The van der Waals surface area contributed by atoms with Crippen LogP contribution in [-0.4, -0.2) is 193 Å². The van der Waals surface area contributed by atoms with Crippen molar-refractivity contribution >= 4 is 5.91 Å². The second-order valence-electron chi connectivity index (χ2n) is 23.9. The zero-order chi connectivity index (χ0) is 61.9. The lowest BCUT2D eigenvalue weighted by molar-refractivity contribution is -0.379. The summed E-state index contributed by atoms with van der Waals surface area (Å²) in [5, 5.41) is 120. The normalized spacial score (nSPS) is 29.3. The molecule has 0 aromatic rings. The first-order valence-corrected chi connectivity index (χ1v) is 33.4. The van der Waals surface area contributed by atoms with Gasteiger partial charge >= 0.3 is 0 Å². The number of aliphatic hydroxyl groups is 11. The number of allylic oxidation sites excluding steroid dienone is 7. The summed E-state index contributed by atoms with van der Waals surface area (Å²) < 4.78 is 34.3. The zero-order valence-corrected chi connectivity index (χ0v) is 52.1. The maximum absolute atomic E-state index is 13.3. The third-order valence-corrected chi connectivity index (χ3v) is 16.6. The van der Waals surface area contributed by atoms with Gasteiger partial charge in [-0.3, -0.25) is 4.79 Å². The fourth-order valence-corrected chi connectivity index (χ4v) is 11.2. The highest BCUT2D eigenvalue weighted by molar-refractivity contribution is 5.76. The van der Waals surface area contributed by atoms with Gasteiger partial charge in [0, 0.05) is 6.42 Å². The van der Waals surface area contributed by atoms with Gasteiger partial charge in [0.1, 0.15) is 73.2 Å². The molecule has 1 amide bonds. The van der Waals surface area contributed by atoms with Crippen molar-refractivity contribution in [3.63, 3.8) is 0 Å². The Labute approximate surface area is 510 Å². The van der Waals surface area contributed by atoms with Crippen LogP contribution in [0, 0.1) is 0 Å². The molecule has 3 aliphatic heterocycles. The smallest absolute Gasteiger partial charge is 0.220 e. The van der Waals surface area contributed by atoms with Gasteiger partial charge in [0.15, 0.2) is 18.9 Å². The van der Waals surface area contributed by atoms with E-state index in [-0.39, 0.29) is 18.9 Å². The number of hydrogen-bond donors (Lipinski definition) is 12. The number of nitrogens with one attached hydrogen (secondary N) is 1. The number of hydrogen-bond acceptors (Lipinski definition) is 18. The molecule has 12 N–H and O–H groups in total. The average Bonchev–Trinajstić information content (AvgIpc) is 3.49. The zero-order valence-electron chi connectivity index (χ0n) is 52.1. The SMILES string of the molecule is CC/C=C\C/C=C\C/C=C\CCCCCCCC(=O)NC(COC1OC(CO)C(OC2OC(CO)C(OC3OC(CO)C(O)C(O)C3O)C(O)C2O)C(O)C1O)C(O)/C=C/CCCCCCCCCCCCCCCCCCCCCCCCC. The minimum atomic E-state index is -1.98. The second-order valence-corrected chi connectivity index (χ2v) is 23.9. The predicted molar refractivity (Wildman–Crippen MR) is 328 cm³/mol. The van der Waals surface area contributed by atoms with E-state index < -0.39 is 124 Å². The summed E-state index contributed by atoms with van der Waals surface area (Å²) in [5.74, 6) is -0.292. The molecule has 85 heavy (non-hydrogen) atoms. The maximum Gasteiger partial charge on any atom is 0.220 e. The van der Waals surface area contributed by atoms with Gasteiger partial charge in [0.2, 0.25) is 5.91 Å². The van der Waals surface area contributed by atoms with Crippen molar-refractivity contribution in [1.82, 2.24) is 5.32 Å². The van der Waals surface area contributed by atoms with E-state index in [1.54, 1.807) is 6.08 Å². The van der Waals surface area contributed by atoms with E-state index in [1.807, 2.05) is 6.08 Å². The third kappa shape index (κ3) is 31.4. The molecule has 3 aliphatic rings. The van der Waals surface area contributed by atoms with Gasteiger partial charge in [-0.2, -0.15) is 0 Å². The molecule has 0 aromatic carbocycles. The molecule has 0 aromatic heterocycles. The summed E-state index contributed by atoms with van der Waals surface area (Å²) in [6.07, 6.45) is 29.5. The molecule has 3 fully saturated rings. The van der Waals surface area contributed by atoms with Crippen LogP contribution >= 0.6 is 0 Å². The van der Waals surface area contributed by atoms with Crippen molar-refractivity contribution in [3.05, 3.63) is 48.6 Å². The van der Waals surface area contributed by atoms with Crippen LogP contribution in [0.15, 0.2) is 48.6 Å². The largest absolute Gasteiger partial charge is 0.394 e. The van der Waals surface area contributed by atoms with Crippen molar-refractivity contribution in [2.75, 3.05) is 26.4 Å². The van der Waals surface area contributed by atoms with E-state index in [4.69, 9.17) is 28.4 Å². The van der Waals surface area contributed by atoms with E-state index in [0.29, 0.717) is 6.42 Å². The molecule has 0 saturated carbocycles. The Morgan fingerprint density at radius 1 is 0.435 bits per heavy atom. The highest BCUT2D eigenvalue weighted by atomic mass is 16.8. The van der Waals surface area contributed by atoms with Crippen LogP contribution in [0.4, 0.5) is 0 Å². The highest BCUT2D eigenvalue weighted by Crippen LogP contribution is 2.33. The van der Waals surface area contributed by atoms with E-state index in [2.05, 4.69) is 55.6 Å². The number of amides is 1. The molecule has 0 aliphatic carbocycles. The molecule has 17 unspecified atom stereocenters. The van der Waals surface area contributed by atoms with Gasteiger partial charge in [-0.05, 0) is 51.4 Å². The Bertz CT molecular complexity index is 1740. The van der Waals surface area contributed by atoms with Crippen LogP contribution in [0.1, 0.15) is 232 Å². The van der Waals surface area contributed by atoms with Crippen LogP contribution in [0.3, 0.4) is 0 Å². The average molecular weight is 1210 g/mol. The fraction of sp³-hybridized carbons (Fsp3) is 0.864. The molecule has 0 bridgehead atoms. The number of rotatable bonds is 50. The molecule has 19 heteroatoms. The lowest BCUT2D eigenvalue weighted by atomic mass is 9.96. The molecule has 3 saturated heterocycles. The van der Waals surface area contributed by atoms with Crippen molar-refractivity contribution in [2.24, 2.45) is 0 Å². The number of unbranched alkanes of at least 4 members (excludes halogenated alkanes) is 28. The molecule has 3 rings (SSSR count). The van der Waals surface area contributed by atoms with Gasteiger partial charge in [0.25, 0.3) is 0 Å². The lowest BCUT2D eigenvalue weighted by Gasteiger charge is -2.48. The number of aliphatic hydroxyl groups excluding tert-OH is 11. The van der Waals surface area contributed by atoms with Crippen LogP contribution in [0.2, 0.25) is 0 Å². The summed E-state index contributed by atoms with van der Waals surface area (Å²) >= 11 is 0. The Morgan fingerprint density at radius 2 is 0.812 bits per heavy atom. The van der Waals surface area contributed by atoms with E-state index >= 15 is 0 Å². The van der Waals surface area contributed by atoms with Crippen molar-refractivity contribution < 1.29 is 89.4 Å². The van der Waals surface area contributed by atoms with Crippen LogP contribution in [0.25, 0.3) is 0 Å². The van der Waals surface area contributed by atoms with Crippen LogP contribution in [0.5, 0.6) is 0 Å². The van der Waals surface area contributed by atoms with Crippen LogP contribution in [-0.2, 0) is 33.2 Å². The van der Waals surface area contributed by atoms with Crippen molar-refractivity contribution in [2.45, 2.75) is 336 Å². The molecule has 19 nitrogen and oxygen atoms in total. The van der Waals surface area contributed by atoms with Gasteiger partial charge in [0.05, 0.1) is 38.6 Å². The predicted octanol–water partition coefficient (Wildman–Crippen LogP) is 7.83. The molecule has 0 radical (unpaired) electrons. The first-order chi connectivity index (χ1) is 41.3. The molecule has 17 atom stereocenters. The summed E-state index contributed by atoms with van der Waals surface area (Å²) in [4.78, 5) is 13.3. The van der Waals surface area contributed by atoms with Crippen LogP contribution < -0.4 is 5.32 Å². The Hall–Kier alpha value is -2.25. The first-order valence-electron chi connectivity index (χ1n) is 33.4. The Morgan fingerprint density at radius 3 is 1.27 bits per heavy atom. The number of carbonyl (C=O) groups is 1. The van der Waals surface area contributed by atoms with Crippen molar-refractivity contribution in [1.29, 1.82) is 0 Å². The molecule has 496 valence electrons. The Balaban J connectivity index is 1.45. The van der Waals surface area contributed by atoms with Crippen molar-refractivity contribution in [3.8, 4) is 0 Å². The molecular weight excluding hydrogens is 1090 g/mol. The minimum absolute atomic E-state index is 0.223. The lowest BCUT2D eigenvalue weighted by Crippen LogP contribution is -2.66. The molecule has 0 spiro atoms. The summed E-state index contributed by atoms with van der Waals surface area (Å²) in [6, 6.07) is -0.983. The van der Waals surface area contributed by atoms with E-state index in [0.717, 1.165) is 77.0 Å². The highest BCUT2D eigenvalue weighted by Gasteiger charge is 2.53. The third-order valence-electron chi connectivity index (χ3n) is 16.6. The first kappa shape index (κ1) is 77.0. The molecule has 3 heterocycles. The molecular formula is C66H119NO18.